The molecule has 16 nitrogen and oxygen atoms in total. The number of carbonyl (C=O) groups is 2. The number of benzene rings is 1. The monoisotopic (exact) mass is 687 g/mol. The molecule has 1 heterocycles. The normalized spacial score (nSPS) is 20.0. The first-order valence-corrected chi connectivity index (χ1v) is 19.1. The van der Waals surface area contributed by atoms with Gasteiger partial charge in [-0.05, 0) is 44.6 Å². The third kappa shape index (κ3) is 11.8. The van der Waals surface area contributed by atoms with Gasteiger partial charge in [0.25, 0.3) is 5.96 Å². The number of sulfonamides is 1. The second-order valence-corrected chi connectivity index (χ2v) is 15.7. The highest BCUT2D eigenvalue weighted by Crippen LogP contribution is 2.25. The molecule has 1 aromatic carbocycles. The number of hydrogen-bond acceptors (Lipinski definition) is 10. The Balaban J connectivity index is 1.84. The fraction of sp³-hybridized carbons (Fsp3) is 0.679. The number of sulfone groups is 1. The number of rotatable bonds is 15. The molecule has 1 aliphatic heterocycles. The number of piperidine rings is 1. The SMILES string of the molecule is CCOC1C(NC(=O)CN(C(=O)C(CCS(C)(=O)=O)NS(=O)(=O)Cc2ccccc2)C2CCCCC2)CCCN1C(=N)N[N+](=O)[O-]. The van der Waals surface area contributed by atoms with Crippen molar-refractivity contribution in [3.05, 3.63) is 46.0 Å². The quantitative estimate of drug-likeness (QED) is 0.0871. The van der Waals surface area contributed by atoms with E-state index in [0.717, 1.165) is 25.5 Å². The van der Waals surface area contributed by atoms with Crippen LogP contribution in [-0.2, 0) is 39.9 Å². The molecule has 2 amide bonds. The van der Waals surface area contributed by atoms with E-state index in [0.29, 0.717) is 31.2 Å². The Kier molecular flexibility index (Phi) is 13.7. The van der Waals surface area contributed by atoms with Gasteiger partial charge in [-0.15, -0.1) is 0 Å². The number of carbonyl (C=O) groups excluding carboxylic acids is 2. The second kappa shape index (κ2) is 17.0. The molecule has 18 heteroatoms. The Morgan fingerprint density at radius 2 is 1.78 bits per heavy atom. The van der Waals surface area contributed by atoms with Gasteiger partial charge >= 0.3 is 0 Å². The van der Waals surface area contributed by atoms with E-state index >= 15 is 0 Å². The minimum absolute atomic E-state index is 0.205. The average molecular weight is 688 g/mol. The minimum Gasteiger partial charge on any atom is -0.356 e. The Morgan fingerprint density at radius 3 is 2.39 bits per heavy atom. The van der Waals surface area contributed by atoms with Crippen LogP contribution in [0.1, 0.15) is 63.9 Å². The largest absolute Gasteiger partial charge is 0.356 e. The van der Waals surface area contributed by atoms with E-state index in [9.17, 15) is 36.5 Å². The van der Waals surface area contributed by atoms with Crippen molar-refractivity contribution in [3.8, 4) is 0 Å². The highest BCUT2D eigenvalue weighted by Gasteiger charge is 2.38. The average Bonchev–Trinajstić information content (AvgIpc) is 2.98. The third-order valence-electron chi connectivity index (χ3n) is 7.94. The zero-order valence-electron chi connectivity index (χ0n) is 26.2. The topological polar surface area (TPSA) is 221 Å². The van der Waals surface area contributed by atoms with Gasteiger partial charge in [0.2, 0.25) is 21.8 Å². The zero-order valence-corrected chi connectivity index (χ0v) is 27.9. The lowest BCUT2D eigenvalue weighted by molar-refractivity contribution is -0.527. The fourth-order valence-corrected chi connectivity index (χ4v) is 7.91. The number of nitro groups is 1. The zero-order chi connectivity index (χ0) is 33.9. The van der Waals surface area contributed by atoms with Crippen LogP contribution in [-0.4, -0.2) is 106 Å². The van der Waals surface area contributed by atoms with E-state index in [1.807, 2.05) is 5.43 Å². The van der Waals surface area contributed by atoms with E-state index in [2.05, 4.69) is 10.0 Å². The maximum absolute atomic E-state index is 14.1. The van der Waals surface area contributed by atoms with Gasteiger partial charge in [-0.3, -0.25) is 15.0 Å². The lowest BCUT2D eigenvalue weighted by Gasteiger charge is -2.41. The third-order valence-corrected chi connectivity index (χ3v) is 10.3. The van der Waals surface area contributed by atoms with Gasteiger partial charge in [-0.1, -0.05) is 55.0 Å². The lowest BCUT2D eigenvalue weighted by Crippen LogP contribution is -2.62. The first-order chi connectivity index (χ1) is 21.7. The number of nitrogens with one attached hydrogen (secondary N) is 4. The molecule has 46 heavy (non-hydrogen) atoms. The molecule has 2 fully saturated rings. The molecule has 258 valence electrons. The molecule has 0 radical (unpaired) electrons. The standard InChI is InChI=1S/C28H45N7O9S2/c1-3-44-27-24(15-10-17-33(27)28(29)31-35(38)39)30-25(36)19-34(22-13-8-5-9-14-22)26(37)23(16-18-45(2,40)41)32-46(42,43)20-21-11-6-4-7-12-21/h4,6-7,11-12,22-24,27,32H,3,5,8-10,13-20H2,1-2H3,(H2,29,31)(H,30,36). The Hall–Kier alpha value is -3.35. The summed E-state index contributed by atoms with van der Waals surface area (Å²) in [7, 11) is -7.65. The molecule has 3 rings (SSSR count). The second-order valence-electron chi connectivity index (χ2n) is 11.7. The van der Waals surface area contributed by atoms with E-state index in [1.165, 1.54) is 9.80 Å². The first kappa shape index (κ1) is 37.1. The van der Waals surface area contributed by atoms with Crippen LogP contribution >= 0.6 is 0 Å². The summed E-state index contributed by atoms with van der Waals surface area (Å²) < 4.78 is 58.7. The molecule has 0 bridgehead atoms. The van der Waals surface area contributed by atoms with Crippen LogP contribution in [0.3, 0.4) is 0 Å². The van der Waals surface area contributed by atoms with Crippen LogP contribution in [0.5, 0.6) is 0 Å². The molecule has 1 aliphatic carbocycles. The Bertz CT molecular complexity index is 1420. The summed E-state index contributed by atoms with van der Waals surface area (Å²) >= 11 is 0. The maximum Gasteiger partial charge on any atom is 0.256 e. The highest BCUT2D eigenvalue weighted by atomic mass is 32.2. The van der Waals surface area contributed by atoms with Gasteiger partial charge in [0.05, 0.1) is 24.1 Å². The molecular weight excluding hydrogens is 642 g/mol. The number of hydrogen-bond donors (Lipinski definition) is 4. The maximum atomic E-state index is 14.1. The smallest absolute Gasteiger partial charge is 0.256 e. The van der Waals surface area contributed by atoms with Crippen LogP contribution in [0, 0.1) is 15.5 Å². The Morgan fingerprint density at radius 1 is 1.11 bits per heavy atom. The summed E-state index contributed by atoms with van der Waals surface area (Å²) in [5, 5.41) is 21.1. The summed E-state index contributed by atoms with van der Waals surface area (Å²) in [5.41, 5.74) is 2.31. The summed E-state index contributed by atoms with van der Waals surface area (Å²) in [5.74, 6) is -2.60. The molecule has 1 saturated carbocycles. The first-order valence-electron chi connectivity index (χ1n) is 15.4. The van der Waals surface area contributed by atoms with Gasteiger partial charge in [-0.25, -0.2) is 31.7 Å². The van der Waals surface area contributed by atoms with Crippen molar-refractivity contribution in [2.24, 2.45) is 0 Å². The number of guanidine groups is 1. The summed E-state index contributed by atoms with van der Waals surface area (Å²) in [6.07, 6.45) is 4.50. The number of amides is 2. The van der Waals surface area contributed by atoms with Crippen LogP contribution in [0.15, 0.2) is 30.3 Å². The Labute approximate surface area is 270 Å². The molecule has 0 spiro atoms. The van der Waals surface area contributed by atoms with E-state index in [-0.39, 0.29) is 25.6 Å². The predicted molar refractivity (Wildman–Crippen MR) is 170 cm³/mol. The van der Waals surface area contributed by atoms with E-state index < -0.39 is 79.0 Å². The fourth-order valence-electron chi connectivity index (χ4n) is 5.88. The molecule has 4 N–H and O–H groups in total. The van der Waals surface area contributed by atoms with Gasteiger partial charge in [0, 0.05) is 25.4 Å². The van der Waals surface area contributed by atoms with Gasteiger partial charge in [0.15, 0.2) is 11.3 Å². The number of nitrogens with zero attached hydrogens (tertiary/aromatic N) is 3. The van der Waals surface area contributed by atoms with E-state index in [1.54, 1.807) is 37.3 Å². The molecule has 1 saturated heterocycles. The molecule has 1 aromatic rings. The van der Waals surface area contributed by atoms with Gasteiger partial charge in [0.1, 0.15) is 15.9 Å². The lowest BCUT2D eigenvalue weighted by atomic mass is 9.93. The summed E-state index contributed by atoms with van der Waals surface area (Å²) in [6.45, 7) is 1.79. The minimum atomic E-state index is -4.09. The summed E-state index contributed by atoms with van der Waals surface area (Å²) in [4.78, 5) is 41.3. The van der Waals surface area contributed by atoms with Crippen molar-refractivity contribution in [2.45, 2.75) is 88.4 Å². The van der Waals surface area contributed by atoms with Crippen LogP contribution < -0.4 is 15.5 Å². The molecule has 2 aliphatic rings. The highest BCUT2D eigenvalue weighted by molar-refractivity contribution is 7.90. The van der Waals surface area contributed by atoms with Crippen molar-refractivity contribution >= 4 is 37.6 Å². The molecular formula is C28H45N7O9S2. The van der Waals surface area contributed by atoms with Crippen molar-refractivity contribution in [1.82, 2.24) is 25.3 Å². The van der Waals surface area contributed by atoms with Crippen molar-refractivity contribution in [2.75, 3.05) is 31.7 Å². The summed E-state index contributed by atoms with van der Waals surface area (Å²) in [6, 6.07) is 5.91. The number of hydrazine groups is 1. The van der Waals surface area contributed by atoms with Crippen molar-refractivity contribution in [1.29, 1.82) is 5.41 Å². The molecule has 0 aromatic heterocycles. The molecule has 3 unspecified atom stereocenters. The van der Waals surface area contributed by atoms with Crippen LogP contribution in [0.4, 0.5) is 0 Å². The van der Waals surface area contributed by atoms with Crippen molar-refractivity contribution in [3.63, 3.8) is 0 Å². The molecule has 3 atom stereocenters. The van der Waals surface area contributed by atoms with Gasteiger partial charge < -0.3 is 19.9 Å². The van der Waals surface area contributed by atoms with Crippen LogP contribution in [0.25, 0.3) is 0 Å². The van der Waals surface area contributed by atoms with Crippen LogP contribution in [0.2, 0.25) is 0 Å². The predicted octanol–water partition coefficient (Wildman–Crippen LogP) is 0.730. The van der Waals surface area contributed by atoms with E-state index in [4.69, 9.17) is 10.1 Å². The number of ether oxygens (including phenoxy) is 1. The van der Waals surface area contributed by atoms with Gasteiger partial charge in [-0.2, -0.15) is 0 Å². The van der Waals surface area contributed by atoms with Crippen molar-refractivity contribution < 1.29 is 36.2 Å². The number of likely N-dealkylation sites (tertiary alicyclic amines) is 1.